The van der Waals surface area contributed by atoms with E-state index >= 15 is 0 Å². The number of imide groups is 2. The minimum absolute atomic E-state index is 0.243. The number of carbonyl (C=O) groups is 3. The van der Waals surface area contributed by atoms with Crippen LogP contribution in [-0.4, -0.2) is 56.2 Å². The standard InChI is InChI=1S/C14H24N2O5/c1-4-14(5-2)11(17)15-13(19)16(12(14)18)7-6-8-21-10-9-20-3/h4-10H2,1-3H3,(H,15,17,19). The lowest BCUT2D eigenvalue weighted by Crippen LogP contribution is -2.63. The minimum atomic E-state index is -1.12. The van der Waals surface area contributed by atoms with E-state index in [9.17, 15) is 14.4 Å². The SMILES string of the molecule is CCC1(CC)C(=O)NC(=O)N(CCCOCCOC)C1=O. The van der Waals surface area contributed by atoms with Crippen LogP contribution in [0, 0.1) is 5.41 Å². The molecular weight excluding hydrogens is 276 g/mol. The molecule has 0 aromatic heterocycles. The first-order chi connectivity index (χ1) is 10.0. The molecule has 1 aliphatic rings. The van der Waals surface area contributed by atoms with Crippen LogP contribution < -0.4 is 5.32 Å². The van der Waals surface area contributed by atoms with Crippen molar-refractivity contribution in [1.82, 2.24) is 10.2 Å². The molecule has 120 valence electrons. The average Bonchev–Trinajstić information content (AvgIpc) is 2.47. The Morgan fingerprint density at radius 3 is 2.33 bits per heavy atom. The van der Waals surface area contributed by atoms with E-state index in [1.807, 2.05) is 0 Å². The third kappa shape index (κ3) is 3.79. The van der Waals surface area contributed by atoms with Gasteiger partial charge in [0.1, 0.15) is 5.41 Å². The number of methoxy groups -OCH3 is 1. The quantitative estimate of drug-likeness (QED) is 0.505. The summed E-state index contributed by atoms with van der Waals surface area (Å²) in [6.45, 7) is 5.22. The first-order valence-corrected chi connectivity index (χ1v) is 7.27. The summed E-state index contributed by atoms with van der Waals surface area (Å²) in [6.07, 6.45) is 1.28. The molecule has 0 bridgehead atoms. The van der Waals surface area contributed by atoms with E-state index in [1.54, 1.807) is 21.0 Å². The van der Waals surface area contributed by atoms with Gasteiger partial charge in [-0.1, -0.05) is 13.8 Å². The zero-order chi connectivity index (χ0) is 15.9. The van der Waals surface area contributed by atoms with Gasteiger partial charge < -0.3 is 9.47 Å². The van der Waals surface area contributed by atoms with E-state index in [2.05, 4.69) is 5.32 Å². The van der Waals surface area contributed by atoms with Crippen molar-refractivity contribution in [2.45, 2.75) is 33.1 Å². The number of carbonyl (C=O) groups excluding carboxylic acids is 3. The first-order valence-electron chi connectivity index (χ1n) is 7.27. The number of urea groups is 1. The highest BCUT2D eigenvalue weighted by Crippen LogP contribution is 2.32. The van der Waals surface area contributed by atoms with Crippen molar-refractivity contribution < 1.29 is 23.9 Å². The molecule has 0 aromatic carbocycles. The Kier molecular flexibility index (Phi) is 6.77. The average molecular weight is 300 g/mol. The first kappa shape index (κ1) is 17.6. The summed E-state index contributed by atoms with van der Waals surface area (Å²) in [6, 6.07) is -0.639. The lowest BCUT2D eigenvalue weighted by molar-refractivity contribution is -0.152. The van der Waals surface area contributed by atoms with Gasteiger partial charge in [0.05, 0.1) is 13.2 Å². The maximum Gasteiger partial charge on any atom is 0.330 e. The molecule has 0 atom stereocenters. The summed E-state index contributed by atoms with van der Waals surface area (Å²) in [5, 5.41) is 2.28. The normalized spacial score (nSPS) is 18.0. The van der Waals surface area contributed by atoms with Gasteiger partial charge in [-0.2, -0.15) is 0 Å². The second-order valence-electron chi connectivity index (χ2n) is 4.96. The van der Waals surface area contributed by atoms with Gasteiger partial charge in [0.15, 0.2) is 0 Å². The summed E-state index contributed by atoms with van der Waals surface area (Å²) in [4.78, 5) is 37.4. The molecule has 1 fully saturated rings. The van der Waals surface area contributed by atoms with Crippen molar-refractivity contribution in [1.29, 1.82) is 0 Å². The predicted molar refractivity (Wildman–Crippen MR) is 75.6 cm³/mol. The summed E-state index contributed by atoms with van der Waals surface area (Å²) in [7, 11) is 1.59. The second-order valence-corrected chi connectivity index (χ2v) is 4.96. The zero-order valence-corrected chi connectivity index (χ0v) is 12.9. The highest BCUT2D eigenvalue weighted by molar-refractivity contribution is 6.19. The lowest BCUT2D eigenvalue weighted by atomic mass is 9.78. The molecule has 7 nitrogen and oxygen atoms in total. The number of nitrogens with zero attached hydrogens (tertiary/aromatic N) is 1. The Hall–Kier alpha value is -1.47. The van der Waals surface area contributed by atoms with Crippen molar-refractivity contribution in [2.75, 3.05) is 33.5 Å². The van der Waals surface area contributed by atoms with Gasteiger partial charge in [-0.15, -0.1) is 0 Å². The maximum atomic E-state index is 12.5. The van der Waals surface area contributed by atoms with Crippen LogP contribution in [0.5, 0.6) is 0 Å². The zero-order valence-electron chi connectivity index (χ0n) is 12.9. The summed E-state index contributed by atoms with van der Waals surface area (Å²) < 4.78 is 10.1. The number of hydrogen-bond donors (Lipinski definition) is 1. The van der Waals surface area contributed by atoms with Gasteiger partial charge in [-0.05, 0) is 19.3 Å². The van der Waals surface area contributed by atoms with Crippen LogP contribution in [0.25, 0.3) is 0 Å². The molecule has 0 unspecified atom stereocenters. The molecule has 1 heterocycles. The number of barbiturate groups is 1. The molecule has 0 aliphatic carbocycles. The molecule has 0 aromatic rings. The van der Waals surface area contributed by atoms with Gasteiger partial charge in [-0.3, -0.25) is 19.8 Å². The lowest BCUT2D eigenvalue weighted by Gasteiger charge is -2.38. The Balaban J connectivity index is 2.58. The Bertz CT molecular complexity index is 393. The summed E-state index contributed by atoms with van der Waals surface area (Å²) in [5.74, 6) is -0.895. The smallest absolute Gasteiger partial charge is 0.330 e. The fourth-order valence-corrected chi connectivity index (χ4v) is 2.38. The van der Waals surface area contributed by atoms with Crippen LogP contribution >= 0.6 is 0 Å². The van der Waals surface area contributed by atoms with E-state index in [4.69, 9.17) is 9.47 Å². The molecule has 21 heavy (non-hydrogen) atoms. The van der Waals surface area contributed by atoms with Gasteiger partial charge in [0.25, 0.3) is 0 Å². The number of amides is 4. The van der Waals surface area contributed by atoms with E-state index in [0.717, 1.165) is 4.90 Å². The van der Waals surface area contributed by atoms with Crippen molar-refractivity contribution in [2.24, 2.45) is 5.41 Å². The molecule has 1 rings (SSSR count). The second kappa shape index (κ2) is 8.09. The fraction of sp³-hybridized carbons (Fsp3) is 0.786. The Labute approximate surface area is 124 Å². The van der Waals surface area contributed by atoms with Crippen LogP contribution in [0.1, 0.15) is 33.1 Å². The van der Waals surface area contributed by atoms with Gasteiger partial charge in [-0.25, -0.2) is 4.79 Å². The number of ether oxygens (including phenoxy) is 2. The molecule has 4 amide bonds. The highest BCUT2D eigenvalue weighted by atomic mass is 16.5. The molecule has 0 saturated carbocycles. The van der Waals surface area contributed by atoms with Gasteiger partial charge in [0, 0.05) is 20.3 Å². The number of rotatable bonds is 9. The monoisotopic (exact) mass is 300 g/mol. The molecule has 7 heteroatoms. The van der Waals surface area contributed by atoms with Crippen LogP contribution in [0.3, 0.4) is 0 Å². The van der Waals surface area contributed by atoms with Crippen LogP contribution in [0.15, 0.2) is 0 Å². The van der Waals surface area contributed by atoms with E-state index < -0.39 is 23.3 Å². The Morgan fingerprint density at radius 2 is 1.76 bits per heavy atom. The van der Waals surface area contributed by atoms with Gasteiger partial charge >= 0.3 is 6.03 Å². The number of nitrogens with one attached hydrogen (secondary N) is 1. The van der Waals surface area contributed by atoms with Crippen molar-refractivity contribution in [3.63, 3.8) is 0 Å². The highest BCUT2D eigenvalue weighted by Gasteiger charge is 2.51. The van der Waals surface area contributed by atoms with Gasteiger partial charge in [0.2, 0.25) is 11.8 Å². The Morgan fingerprint density at radius 1 is 1.10 bits per heavy atom. The van der Waals surface area contributed by atoms with Crippen molar-refractivity contribution in [3.8, 4) is 0 Å². The van der Waals surface area contributed by atoms with Crippen molar-refractivity contribution >= 4 is 17.8 Å². The topological polar surface area (TPSA) is 84.9 Å². The maximum absolute atomic E-state index is 12.5. The fourth-order valence-electron chi connectivity index (χ4n) is 2.38. The van der Waals surface area contributed by atoms with Crippen LogP contribution in [0.2, 0.25) is 0 Å². The van der Waals surface area contributed by atoms with Crippen LogP contribution in [0.4, 0.5) is 4.79 Å². The largest absolute Gasteiger partial charge is 0.382 e. The minimum Gasteiger partial charge on any atom is -0.382 e. The predicted octanol–water partition coefficient (Wildman–Crippen LogP) is 0.924. The third-order valence-electron chi connectivity index (χ3n) is 3.86. The van der Waals surface area contributed by atoms with E-state index in [0.29, 0.717) is 39.1 Å². The summed E-state index contributed by atoms with van der Waals surface area (Å²) in [5.41, 5.74) is -1.12. The van der Waals surface area contributed by atoms with Crippen molar-refractivity contribution in [3.05, 3.63) is 0 Å². The summed E-state index contributed by atoms with van der Waals surface area (Å²) >= 11 is 0. The molecule has 0 spiro atoms. The van der Waals surface area contributed by atoms with E-state index in [-0.39, 0.29) is 6.54 Å². The molecule has 0 radical (unpaired) electrons. The molecule has 1 aliphatic heterocycles. The van der Waals surface area contributed by atoms with Crippen LogP contribution in [-0.2, 0) is 19.1 Å². The number of hydrogen-bond acceptors (Lipinski definition) is 5. The van der Waals surface area contributed by atoms with E-state index in [1.165, 1.54) is 0 Å². The third-order valence-corrected chi connectivity index (χ3v) is 3.86. The molecular formula is C14H24N2O5. The molecule has 1 saturated heterocycles. The molecule has 1 N–H and O–H groups in total.